The summed E-state index contributed by atoms with van der Waals surface area (Å²) in [5, 5.41) is 0. The average molecular weight is 338 g/mol. The summed E-state index contributed by atoms with van der Waals surface area (Å²) in [6, 6.07) is 15.5. The highest BCUT2D eigenvalue weighted by Crippen LogP contribution is 2.34. The highest BCUT2D eigenvalue weighted by molar-refractivity contribution is 5.95. The predicted molar refractivity (Wildman–Crippen MR) is 90.1 cm³/mol. The molecule has 126 valence electrons. The normalized spacial score (nSPS) is 16.6. The maximum atomic E-state index is 14.5. The second kappa shape index (κ2) is 6.16. The van der Waals surface area contributed by atoms with Gasteiger partial charge in [-0.15, -0.1) is 0 Å². The van der Waals surface area contributed by atoms with Gasteiger partial charge >= 0.3 is 0 Å². The third-order valence-electron chi connectivity index (χ3n) is 4.60. The van der Waals surface area contributed by atoms with Gasteiger partial charge in [-0.25, -0.2) is 8.78 Å². The fourth-order valence-corrected chi connectivity index (χ4v) is 3.42. The smallest absolute Gasteiger partial charge is 0.257 e. The first-order valence-corrected chi connectivity index (χ1v) is 8.12. The van der Waals surface area contributed by atoms with Crippen molar-refractivity contribution in [2.75, 3.05) is 6.54 Å². The lowest BCUT2D eigenvalue weighted by molar-refractivity contribution is 0.0656. The van der Waals surface area contributed by atoms with Gasteiger partial charge < -0.3 is 9.47 Å². The number of benzene rings is 2. The number of hydrogen-bond donors (Lipinski definition) is 0. The van der Waals surface area contributed by atoms with Crippen molar-refractivity contribution in [3.8, 4) is 0 Å². The molecule has 0 saturated heterocycles. The number of halogens is 2. The molecule has 4 rings (SSSR count). The fraction of sp³-hybridized carbons (Fsp3) is 0.150. The molecular weight excluding hydrogens is 322 g/mol. The summed E-state index contributed by atoms with van der Waals surface area (Å²) in [7, 11) is 0. The largest absolute Gasteiger partial charge is 0.348 e. The van der Waals surface area contributed by atoms with Gasteiger partial charge in [0.2, 0.25) is 0 Å². The SMILES string of the molecule is O=C(c1ccccc1F)N1CCn2cccc2C1c1ccccc1F. The minimum absolute atomic E-state index is 0.00356. The van der Waals surface area contributed by atoms with E-state index in [9.17, 15) is 13.6 Å². The molecule has 1 aromatic heterocycles. The maximum Gasteiger partial charge on any atom is 0.257 e. The zero-order valence-corrected chi connectivity index (χ0v) is 13.4. The van der Waals surface area contributed by atoms with Gasteiger partial charge in [0.15, 0.2) is 0 Å². The minimum Gasteiger partial charge on any atom is -0.348 e. The van der Waals surface area contributed by atoms with Crippen molar-refractivity contribution < 1.29 is 13.6 Å². The molecule has 0 aliphatic carbocycles. The molecular formula is C20H16F2N2O. The van der Waals surface area contributed by atoms with Gasteiger partial charge in [-0.1, -0.05) is 30.3 Å². The highest BCUT2D eigenvalue weighted by atomic mass is 19.1. The second-order valence-electron chi connectivity index (χ2n) is 6.03. The molecule has 1 aliphatic rings. The number of hydrogen-bond acceptors (Lipinski definition) is 1. The van der Waals surface area contributed by atoms with Crippen LogP contribution in [-0.4, -0.2) is 21.9 Å². The Bertz CT molecular complexity index is 935. The van der Waals surface area contributed by atoms with Crippen LogP contribution in [-0.2, 0) is 6.54 Å². The zero-order valence-electron chi connectivity index (χ0n) is 13.4. The van der Waals surface area contributed by atoms with Crippen LogP contribution >= 0.6 is 0 Å². The average Bonchev–Trinajstić information content (AvgIpc) is 3.10. The Morgan fingerprint density at radius 3 is 2.36 bits per heavy atom. The Labute approximate surface area is 144 Å². The summed E-state index contributed by atoms with van der Waals surface area (Å²) in [6.45, 7) is 0.974. The molecule has 3 nitrogen and oxygen atoms in total. The molecule has 0 N–H and O–H groups in total. The van der Waals surface area contributed by atoms with E-state index in [1.807, 2.05) is 22.9 Å². The summed E-state index contributed by atoms with van der Waals surface area (Å²) >= 11 is 0. The van der Waals surface area contributed by atoms with Gasteiger partial charge in [-0.2, -0.15) is 0 Å². The first-order chi connectivity index (χ1) is 12.2. The number of nitrogens with zero attached hydrogens (tertiary/aromatic N) is 2. The molecule has 2 aromatic carbocycles. The van der Waals surface area contributed by atoms with Crippen LogP contribution in [0.3, 0.4) is 0 Å². The summed E-state index contributed by atoms with van der Waals surface area (Å²) in [5.74, 6) is -1.38. The quantitative estimate of drug-likeness (QED) is 0.693. The molecule has 1 amide bonds. The van der Waals surface area contributed by atoms with E-state index < -0.39 is 17.8 Å². The summed E-state index contributed by atoms with van der Waals surface area (Å²) in [5.41, 5.74) is 1.23. The molecule has 3 aromatic rings. The molecule has 0 radical (unpaired) electrons. The lowest BCUT2D eigenvalue weighted by atomic mass is 9.98. The molecule has 1 aliphatic heterocycles. The zero-order chi connectivity index (χ0) is 17.4. The van der Waals surface area contributed by atoms with Gasteiger partial charge in [0.25, 0.3) is 5.91 Å². The van der Waals surface area contributed by atoms with E-state index in [0.29, 0.717) is 18.7 Å². The van der Waals surface area contributed by atoms with E-state index in [4.69, 9.17) is 0 Å². The monoisotopic (exact) mass is 338 g/mol. The van der Waals surface area contributed by atoms with E-state index in [0.717, 1.165) is 5.69 Å². The summed E-state index contributed by atoms with van der Waals surface area (Å²) in [4.78, 5) is 14.5. The second-order valence-corrected chi connectivity index (χ2v) is 6.03. The Morgan fingerprint density at radius 2 is 1.60 bits per heavy atom. The van der Waals surface area contributed by atoms with E-state index in [-0.39, 0.29) is 11.4 Å². The van der Waals surface area contributed by atoms with Crippen molar-refractivity contribution in [2.45, 2.75) is 12.6 Å². The first kappa shape index (κ1) is 15.6. The van der Waals surface area contributed by atoms with Crippen molar-refractivity contribution in [1.29, 1.82) is 0 Å². The molecule has 0 saturated carbocycles. The van der Waals surface area contributed by atoms with Gasteiger partial charge in [-0.3, -0.25) is 4.79 Å². The fourth-order valence-electron chi connectivity index (χ4n) is 3.42. The van der Waals surface area contributed by atoms with Gasteiger partial charge in [-0.05, 0) is 30.3 Å². The molecule has 1 unspecified atom stereocenters. The van der Waals surface area contributed by atoms with Crippen LogP contribution in [0.5, 0.6) is 0 Å². The van der Waals surface area contributed by atoms with E-state index in [1.54, 1.807) is 35.2 Å². The van der Waals surface area contributed by atoms with E-state index in [2.05, 4.69) is 0 Å². The first-order valence-electron chi connectivity index (χ1n) is 8.12. The van der Waals surface area contributed by atoms with Crippen LogP contribution in [0.2, 0.25) is 0 Å². The number of rotatable bonds is 2. The van der Waals surface area contributed by atoms with Crippen molar-refractivity contribution >= 4 is 5.91 Å². The maximum absolute atomic E-state index is 14.5. The molecule has 5 heteroatoms. The highest BCUT2D eigenvalue weighted by Gasteiger charge is 2.34. The topological polar surface area (TPSA) is 25.2 Å². The minimum atomic E-state index is -0.586. The molecule has 0 fully saturated rings. The van der Waals surface area contributed by atoms with Crippen LogP contribution in [0.15, 0.2) is 66.9 Å². The lowest BCUT2D eigenvalue weighted by Crippen LogP contribution is -2.43. The number of carbonyl (C=O) groups is 1. The standard InChI is InChI=1S/C20H16F2N2O/c21-16-8-3-1-6-14(16)19-18-10-5-11-23(18)12-13-24(19)20(25)15-7-2-4-9-17(15)22/h1-11,19H,12-13H2. The van der Waals surface area contributed by atoms with Crippen LogP contribution in [0.25, 0.3) is 0 Å². The van der Waals surface area contributed by atoms with E-state index in [1.165, 1.54) is 18.2 Å². The van der Waals surface area contributed by atoms with Crippen LogP contribution in [0.1, 0.15) is 27.7 Å². The van der Waals surface area contributed by atoms with Crippen molar-refractivity contribution in [3.63, 3.8) is 0 Å². The van der Waals surface area contributed by atoms with Crippen LogP contribution in [0.4, 0.5) is 8.78 Å². The summed E-state index contributed by atoms with van der Waals surface area (Å²) < 4.78 is 30.6. The van der Waals surface area contributed by atoms with Crippen molar-refractivity contribution in [3.05, 3.63) is 95.3 Å². The number of carbonyl (C=O) groups excluding carboxylic acids is 1. The lowest BCUT2D eigenvalue weighted by Gasteiger charge is -2.37. The summed E-state index contributed by atoms with van der Waals surface area (Å²) in [6.07, 6.45) is 1.91. The van der Waals surface area contributed by atoms with Crippen LogP contribution in [0, 0.1) is 11.6 Å². The third-order valence-corrected chi connectivity index (χ3v) is 4.60. The Kier molecular flexibility index (Phi) is 3.84. The molecule has 0 bridgehead atoms. The Hall–Kier alpha value is -2.95. The van der Waals surface area contributed by atoms with Gasteiger partial charge in [0.05, 0.1) is 5.56 Å². The number of fused-ring (bicyclic) bond motifs is 1. The third kappa shape index (κ3) is 2.61. The van der Waals surface area contributed by atoms with Gasteiger partial charge in [0, 0.05) is 30.5 Å². The molecule has 0 spiro atoms. The Morgan fingerprint density at radius 1 is 0.880 bits per heavy atom. The molecule has 25 heavy (non-hydrogen) atoms. The van der Waals surface area contributed by atoms with E-state index >= 15 is 0 Å². The Balaban J connectivity index is 1.83. The van der Waals surface area contributed by atoms with Crippen molar-refractivity contribution in [1.82, 2.24) is 9.47 Å². The number of aromatic nitrogens is 1. The predicted octanol–water partition coefficient (Wildman–Crippen LogP) is 4.01. The number of amides is 1. The van der Waals surface area contributed by atoms with Crippen molar-refractivity contribution in [2.24, 2.45) is 0 Å². The van der Waals surface area contributed by atoms with Crippen LogP contribution < -0.4 is 0 Å². The molecule has 1 atom stereocenters. The van der Waals surface area contributed by atoms with Gasteiger partial charge in [0.1, 0.15) is 17.7 Å². The molecule has 2 heterocycles.